The molecular formula is C18H18ClN3O2. The van der Waals surface area contributed by atoms with Crippen molar-refractivity contribution in [2.75, 3.05) is 13.2 Å². The number of carbonyl (C=O) groups excluding carboxylic acids is 1. The summed E-state index contributed by atoms with van der Waals surface area (Å²) in [4.78, 5) is 19.4. The average molecular weight is 344 g/mol. The Morgan fingerprint density at radius 3 is 2.83 bits per heavy atom. The number of nitrogens with zero attached hydrogens (tertiary/aromatic N) is 1. The summed E-state index contributed by atoms with van der Waals surface area (Å²) in [6.07, 6.45) is 0.751. The van der Waals surface area contributed by atoms with Gasteiger partial charge >= 0.3 is 0 Å². The van der Waals surface area contributed by atoms with Crippen LogP contribution in [0.15, 0.2) is 42.5 Å². The number of H-pyrrole nitrogens is 1. The van der Waals surface area contributed by atoms with Gasteiger partial charge in [-0.3, -0.25) is 4.79 Å². The topological polar surface area (TPSA) is 67.0 Å². The highest BCUT2D eigenvalue weighted by molar-refractivity contribution is 6.30. The fourth-order valence-corrected chi connectivity index (χ4v) is 2.54. The Kier molecular flexibility index (Phi) is 5.01. The van der Waals surface area contributed by atoms with Gasteiger partial charge < -0.3 is 15.0 Å². The summed E-state index contributed by atoms with van der Waals surface area (Å²) in [7, 11) is 0. The molecule has 0 spiro atoms. The Bertz CT molecular complexity index is 843. The van der Waals surface area contributed by atoms with Gasteiger partial charge in [0.05, 0.1) is 11.0 Å². The summed E-state index contributed by atoms with van der Waals surface area (Å²) < 4.78 is 5.40. The average Bonchev–Trinajstić information content (AvgIpc) is 2.93. The maximum Gasteiger partial charge on any atom is 0.257 e. The van der Waals surface area contributed by atoms with Crippen LogP contribution in [0.3, 0.4) is 0 Å². The Labute approximate surface area is 145 Å². The summed E-state index contributed by atoms with van der Waals surface area (Å²) in [5.74, 6) is 1.37. The highest BCUT2D eigenvalue weighted by Crippen LogP contribution is 2.15. The third-order valence-electron chi connectivity index (χ3n) is 3.58. The lowest BCUT2D eigenvalue weighted by atomic mass is 10.1. The number of hydrogen-bond donors (Lipinski definition) is 2. The fraction of sp³-hybridized carbons (Fsp3) is 0.222. The molecule has 1 aromatic heterocycles. The van der Waals surface area contributed by atoms with E-state index in [0.29, 0.717) is 17.3 Å². The van der Waals surface area contributed by atoms with Crippen LogP contribution in [0.2, 0.25) is 5.02 Å². The molecule has 0 aliphatic carbocycles. The Morgan fingerprint density at radius 2 is 2.04 bits per heavy atom. The van der Waals surface area contributed by atoms with Crippen LogP contribution in [0.1, 0.15) is 11.4 Å². The van der Waals surface area contributed by atoms with Crippen molar-refractivity contribution in [2.45, 2.75) is 13.3 Å². The number of imidazole rings is 1. The largest absolute Gasteiger partial charge is 0.484 e. The molecule has 0 saturated heterocycles. The van der Waals surface area contributed by atoms with Crippen LogP contribution in [0.4, 0.5) is 0 Å². The number of benzene rings is 2. The molecule has 0 aliphatic heterocycles. The van der Waals surface area contributed by atoms with Crippen molar-refractivity contribution >= 4 is 28.5 Å². The SMILES string of the molecule is Cc1nc2ccc(CCNC(=O)COc3ccc(Cl)cc3)cc2[nH]1. The molecule has 1 amide bonds. The number of fused-ring (bicyclic) bond motifs is 1. The van der Waals surface area contributed by atoms with Gasteiger partial charge in [-0.2, -0.15) is 0 Å². The van der Waals surface area contributed by atoms with Crippen molar-refractivity contribution in [3.8, 4) is 5.75 Å². The van der Waals surface area contributed by atoms with Gasteiger partial charge in [0.2, 0.25) is 0 Å². The molecule has 0 unspecified atom stereocenters. The molecule has 24 heavy (non-hydrogen) atoms. The predicted molar refractivity (Wildman–Crippen MR) is 94.5 cm³/mol. The van der Waals surface area contributed by atoms with Crippen molar-refractivity contribution in [3.63, 3.8) is 0 Å². The van der Waals surface area contributed by atoms with E-state index in [0.717, 1.165) is 28.8 Å². The molecule has 0 saturated carbocycles. The number of amides is 1. The van der Waals surface area contributed by atoms with Gasteiger partial charge in [-0.25, -0.2) is 4.98 Å². The number of aromatic amines is 1. The van der Waals surface area contributed by atoms with Crippen molar-refractivity contribution in [1.82, 2.24) is 15.3 Å². The third-order valence-corrected chi connectivity index (χ3v) is 3.84. The second-order valence-electron chi connectivity index (χ2n) is 5.52. The molecule has 2 N–H and O–H groups in total. The van der Waals surface area contributed by atoms with Gasteiger partial charge in [0.15, 0.2) is 6.61 Å². The first-order valence-corrected chi connectivity index (χ1v) is 8.08. The molecule has 0 bridgehead atoms. The van der Waals surface area contributed by atoms with Gasteiger partial charge in [0, 0.05) is 11.6 Å². The zero-order chi connectivity index (χ0) is 16.9. The van der Waals surface area contributed by atoms with Crippen LogP contribution in [-0.2, 0) is 11.2 Å². The summed E-state index contributed by atoms with van der Waals surface area (Å²) in [5, 5.41) is 3.49. The van der Waals surface area contributed by atoms with E-state index in [4.69, 9.17) is 16.3 Å². The number of halogens is 1. The van der Waals surface area contributed by atoms with E-state index in [1.165, 1.54) is 0 Å². The van der Waals surface area contributed by atoms with E-state index in [9.17, 15) is 4.79 Å². The second-order valence-corrected chi connectivity index (χ2v) is 5.95. The Balaban J connectivity index is 1.44. The first-order chi connectivity index (χ1) is 11.6. The van der Waals surface area contributed by atoms with E-state index in [-0.39, 0.29) is 12.5 Å². The van der Waals surface area contributed by atoms with Crippen LogP contribution < -0.4 is 10.1 Å². The molecule has 124 valence electrons. The molecule has 3 rings (SSSR count). The number of rotatable bonds is 6. The summed E-state index contributed by atoms with van der Waals surface area (Å²) in [6.45, 7) is 2.47. The zero-order valence-electron chi connectivity index (χ0n) is 13.3. The van der Waals surface area contributed by atoms with Crippen molar-refractivity contribution in [2.24, 2.45) is 0 Å². The lowest BCUT2D eigenvalue weighted by molar-refractivity contribution is -0.123. The standard InChI is InChI=1S/C18H18ClN3O2/c1-12-21-16-7-2-13(10-17(16)22-12)8-9-20-18(23)11-24-15-5-3-14(19)4-6-15/h2-7,10H,8-9,11H2,1H3,(H,20,23)(H,21,22). The predicted octanol–water partition coefficient (Wildman–Crippen LogP) is 3.26. The van der Waals surface area contributed by atoms with Crippen LogP contribution in [0.25, 0.3) is 11.0 Å². The number of hydrogen-bond acceptors (Lipinski definition) is 3. The number of aromatic nitrogens is 2. The fourth-order valence-electron chi connectivity index (χ4n) is 2.42. The smallest absolute Gasteiger partial charge is 0.257 e. The van der Waals surface area contributed by atoms with Crippen molar-refractivity contribution < 1.29 is 9.53 Å². The minimum atomic E-state index is -0.150. The molecule has 5 nitrogen and oxygen atoms in total. The van der Waals surface area contributed by atoms with E-state index in [1.807, 2.05) is 19.1 Å². The maximum atomic E-state index is 11.8. The van der Waals surface area contributed by atoms with E-state index < -0.39 is 0 Å². The second kappa shape index (κ2) is 7.36. The van der Waals surface area contributed by atoms with Crippen LogP contribution in [0, 0.1) is 6.92 Å². The number of ether oxygens (including phenoxy) is 1. The minimum Gasteiger partial charge on any atom is -0.484 e. The van der Waals surface area contributed by atoms with Crippen LogP contribution in [-0.4, -0.2) is 29.0 Å². The van der Waals surface area contributed by atoms with Crippen LogP contribution >= 0.6 is 11.6 Å². The molecule has 1 heterocycles. The maximum absolute atomic E-state index is 11.8. The monoisotopic (exact) mass is 343 g/mol. The number of aryl methyl sites for hydroxylation is 1. The van der Waals surface area contributed by atoms with Crippen molar-refractivity contribution in [1.29, 1.82) is 0 Å². The van der Waals surface area contributed by atoms with E-state index in [1.54, 1.807) is 24.3 Å². The molecule has 6 heteroatoms. The molecule has 2 aromatic carbocycles. The first-order valence-electron chi connectivity index (χ1n) is 7.70. The molecule has 0 aliphatic rings. The molecule has 0 fully saturated rings. The lowest BCUT2D eigenvalue weighted by Crippen LogP contribution is -2.30. The Morgan fingerprint density at radius 1 is 1.25 bits per heavy atom. The van der Waals surface area contributed by atoms with Gasteiger partial charge in [-0.15, -0.1) is 0 Å². The third kappa shape index (κ3) is 4.26. The minimum absolute atomic E-state index is 0.0135. The quantitative estimate of drug-likeness (QED) is 0.722. The number of nitrogens with one attached hydrogen (secondary N) is 2. The van der Waals surface area contributed by atoms with E-state index in [2.05, 4.69) is 21.4 Å². The number of carbonyl (C=O) groups is 1. The summed E-state index contributed by atoms with van der Waals surface area (Å²) in [5.41, 5.74) is 3.11. The normalized spacial score (nSPS) is 10.8. The highest BCUT2D eigenvalue weighted by atomic mass is 35.5. The molecule has 3 aromatic rings. The summed E-state index contributed by atoms with van der Waals surface area (Å²) in [6, 6.07) is 13.0. The lowest BCUT2D eigenvalue weighted by Gasteiger charge is -2.07. The van der Waals surface area contributed by atoms with Gasteiger partial charge in [0.1, 0.15) is 11.6 Å². The zero-order valence-corrected chi connectivity index (χ0v) is 14.1. The van der Waals surface area contributed by atoms with Crippen LogP contribution in [0.5, 0.6) is 5.75 Å². The first kappa shape index (κ1) is 16.3. The molecular weight excluding hydrogens is 326 g/mol. The van der Waals surface area contributed by atoms with Crippen molar-refractivity contribution in [3.05, 3.63) is 58.9 Å². The molecule has 0 radical (unpaired) electrons. The van der Waals surface area contributed by atoms with Gasteiger partial charge in [0.25, 0.3) is 5.91 Å². The van der Waals surface area contributed by atoms with Gasteiger partial charge in [-0.05, 0) is 55.3 Å². The Hall–Kier alpha value is -2.53. The van der Waals surface area contributed by atoms with E-state index >= 15 is 0 Å². The van der Waals surface area contributed by atoms with Gasteiger partial charge in [-0.1, -0.05) is 17.7 Å². The summed E-state index contributed by atoms with van der Waals surface area (Å²) >= 11 is 5.80. The molecule has 0 atom stereocenters. The highest BCUT2D eigenvalue weighted by Gasteiger charge is 2.04.